The van der Waals surface area contributed by atoms with Crippen LogP contribution in [0.3, 0.4) is 0 Å². The van der Waals surface area contributed by atoms with Crippen LogP contribution in [-0.4, -0.2) is 14.3 Å². The van der Waals surface area contributed by atoms with Crippen molar-refractivity contribution in [3.05, 3.63) is 98.5 Å². The Balaban J connectivity index is 1.80. The fourth-order valence-electron chi connectivity index (χ4n) is 2.69. The second-order valence-electron chi connectivity index (χ2n) is 6.64. The maximum atomic E-state index is 12.5. The standard InChI is InChI=1S/C23H15Cl3N2O4S/c24-18-6-8-19(9-7-18)33(30,31)32-22-20(25)11-16(12-21(22)26)10-17(13-27)23(29)28-14-15-4-2-1-3-5-15/h1-12H,14H2,(H,28,29)/b17-10+. The molecule has 33 heavy (non-hydrogen) atoms. The van der Waals surface area contributed by atoms with Crippen LogP contribution < -0.4 is 9.50 Å². The number of nitrogens with zero attached hydrogens (tertiary/aromatic N) is 1. The molecule has 1 N–H and O–H groups in total. The Bertz CT molecular complexity index is 1330. The molecule has 3 aromatic rings. The van der Waals surface area contributed by atoms with Gasteiger partial charge in [0.15, 0.2) is 5.75 Å². The Morgan fingerprint density at radius 3 is 2.18 bits per heavy atom. The van der Waals surface area contributed by atoms with Crippen LogP contribution in [0.2, 0.25) is 15.1 Å². The van der Waals surface area contributed by atoms with Gasteiger partial charge in [-0.1, -0.05) is 65.1 Å². The van der Waals surface area contributed by atoms with Crippen LogP contribution in [0.15, 0.2) is 77.2 Å². The smallest absolute Gasteiger partial charge is 0.339 e. The van der Waals surface area contributed by atoms with E-state index in [0.29, 0.717) is 10.6 Å². The normalized spacial score (nSPS) is 11.5. The first-order valence-electron chi connectivity index (χ1n) is 9.32. The maximum Gasteiger partial charge on any atom is 0.339 e. The highest BCUT2D eigenvalue weighted by Gasteiger charge is 2.21. The van der Waals surface area contributed by atoms with Crippen LogP contribution in [0.25, 0.3) is 6.08 Å². The second kappa shape index (κ2) is 10.7. The van der Waals surface area contributed by atoms with Crippen molar-refractivity contribution < 1.29 is 17.4 Å². The molecule has 1 amide bonds. The summed E-state index contributed by atoms with van der Waals surface area (Å²) in [4.78, 5) is 12.2. The molecule has 10 heteroatoms. The minimum absolute atomic E-state index is 0.117. The van der Waals surface area contributed by atoms with Crippen LogP contribution in [0.4, 0.5) is 0 Å². The molecule has 6 nitrogen and oxygen atoms in total. The van der Waals surface area contributed by atoms with Crippen molar-refractivity contribution in [2.75, 3.05) is 0 Å². The van der Waals surface area contributed by atoms with Crippen molar-refractivity contribution in [3.63, 3.8) is 0 Å². The second-order valence-corrected chi connectivity index (χ2v) is 9.44. The van der Waals surface area contributed by atoms with E-state index in [0.717, 1.165) is 5.56 Å². The Labute approximate surface area is 206 Å². The quantitative estimate of drug-likeness (QED) is 0.247. The highest BCUT2D eigenvalue weighted by Crippen LogP contribution is 2.37. The summed E-state index contributed by atoms with van der Waals surface area (Å²) in [6.45, 7) is 0.246. The van der Waals surface area contributed by atoms with Gasteiger partial charge in [-0.15, -0.1) is 0 Å². The van der Waals surface area contributed by atoms with E-state index in [1.165, 1.54) is 42.5 Å². The van der Waals surface area contributed by atoms with Gasteiger partial charge in [0.2, 0.25) is 0 Å². The van der Waals surface area contributed by atoms with E-state index in [-0.39, 0.29) is 32.8 Å². The van der Waals surface area contributed by atoms with E-state index >= 15 is 0 Å². The molecule has 3 aromatic carbocycles. The summed E-state index contributed by atoms with van der Waals surface area (Å²) in [5.41, 5.74) is 1.01. The van der Waals surface area contributed by atoms with Crippen LogP contribution in [0, 0.1) is 11.3 Å². The van der Waals surface area contributed by atoms with Crippen LogP contribution in [0.1, 0.15) is 11.1 Å². The van der Waals surface area contributed by atoms with Gasteiger partial charge in [0.1, 0.15) is 16.5 Å². The van der Waals surface area contributed by atoms with E-state index < -0.39 is 16.0 Å². The molecule has 0 fully saturated rings. The van der Waals surface area contributed by atoms with Crippen LogP contribution in [-0.2, 0) is 21.5 Å². The lowest BCUT2D eigenvalue weighted by Crippen LogP contribution is -2.23. The van der Waals surface area contributed by atoms with Gasteiger partial charge in [-0.25, -0.2) is 0 Å². The largest absolute Gasteiger partial charge is 0.376 e. The number of amides is 1. The number of halogens is 3. The number of carbonyl (C=O) groups is 1. The predicted octanol–water partition coefficient (Wildman–Crippen LogP) is 5.64. The van der Waals surface area contributed by atoms with Crippen LogP contribution in [0.5, 0.6) is 5.75 Å². The molecule has 0 aliphatic heterocycles. The summed E-state index contributed by atoms with van der Waals surface area (Å²) in [5.74, 6) is -0.864. The topological polar surface area (TPSA) is 96.3 Å². The van der Waals surface area contributed by atoms with Crippen molar-refractivity contribution in [1.29, 1.82) is 5.26 Å². The zero-order valence-corrected chi connectivity index (χ0v) is 19.8. The molecule has 0 aliphatic carbocycles. The number of benzene rings is 3. The number of rotatable bonds is 7. The van der Waals surface area contributed by atoms with Gasteiger partial charge in [0.25, 0.3) is 5.91 Å². The molecule has 0 radical (unpaired) electrons. The molecule has 0 heterocycles. The lowest BCUT2D eigenvalue weighted by Gasteiger charge is -2.11. The minimum Gasteiger partial charge on any atom is -0.376 e. The van der Waals surface area contributed by atoms with Gasteiger partial charge < -0.3 is 9.50 Å². The van der Waals surface area contributed by atoms with Crippen molar-refractivity contribution in [2.45, 2.75) is 11.4 Å². The Kier molecular flexibility index (Phi) is 8.01. The number of hydrogen-bond acceptors (Lipinski definition) is 5. The monoisotopic (exact) mass is 520 g/mol. The first kappa shape index (κ1) is 24.6. The van der Waals surface area contributed by atoms with E-state index in [4.69, 9.17) is 39.0 Å². The fourth-order valence-corrected chi connectivity index (χ4v) is 4.45. The lowest BCUT2D eigenvalue weighted by atomic mass is 10.1. The van der Waals surface area contributed by atoms with E-state index in [9.17, 15) is 18.5 Å². The average molecular weight is 522 g/mol. The maximum absolute atomic E-state index is 12.5. The SMILES string of the molecule is N#C/C(=C\c1cc(Cl)c(OS(=O)(=O)c2ccc(Cl)cc2)c(Cl)c1)C(=O)NCc1ccccc1. The van der Waals surface area contributed by atoms with Crippen molar-refractivity contribution >= 4 is 56.9 Å². The van der Waals surface area contributed by atoms with Gasteiger partial charge in [0, 0.05) is 11.6 Å². The van der Waals surface area contributed by atoms with Crippen molar-refractivity contribution in [3.8, 4) is 11.8 Å². The number of carbonyl (C=O) groups excluding carboxylic acids is 1. The van der Waals surface area contributed by atoms with Crippen LogP contribution >= 0.6 is 34.8 Å². The third-order valence-corrected chi connectivity index (χ3v) is 6.34. The highest BCUT2D eigenvalue weighted by atomic mass is 35.5. The van der Waals surface area contributed by atoms with Gasteiger partial charge in [-0.3, -0.25) is 4.79 Å². The third-order valence-electron chi connectivity index (χ3n) is 4.29. The zero-order chi connectivity index (χ0) is 24.0. The molecule has 0 aromatic heterocycles. The molecule has 0 saturated carbocycles. The van der Waals surface area contributed by atoms with Gasteiger partial charge in [-0.2, -0.15) is 13.7 Å². The Morgan fingerprint density at radius 2 is 1.61 bits per heavy atom. The van der Waals surface area contributed by atoms with Gasteiger partial charge in [0.05, 0.1) is 10.0 Å². The summed E-state index contributed by atoms with van der Waals surface area (Å²) in [6.07, 6.45) is 1.29. The minimum atomic E-state index is -4.22. The zero-order valence-electron chi connectivity index (χ0n) is 16.8. The number of hydrogen-bond donors (Lipinski definition) is 1. The average Bonchev–Trinajstić information content (AvgIpc) is 2.79. The van der Waals surface area contributed by atoms with E-state index in [1.54, 1.807) is 0 Å². The summed E-state index contributed by atoms with van der Waals surface area (Å²) < 4.78 is 30.1. The molecule has 0 bridgehead atoms. The van der Waals surface area contributed by atoms with Crippen molar-refractivity contribution in [2.24, 2.45) is 0 Å². The Morgan fingerprint density at radius 1 is 1.00 bits per heavy atom. The molecular weight excluding hydrogens is 507 g/mol. The highest BCUT2D eigenvalue weighted by molar-refractivity contribution is 7.87. The Hall–Kier alpha value is -3.02. The fraction of sp³-hybridized carbons (Fsp3) is 0.0435. The first-order chi connectivity index (χ1) is 15.7. The van der Waals surface area contributed by atoms with Gasteiger partial charge >= 0.3 is 10.1 Å². The summed E-state index contributed by atoms with van der Waals surface area (Å²) in [7, 11) is -4.22. The number of nitriles is 1. The molecule has 3 rings (SSSR count). The molecule has 168 valence electrons. The predicted molar refractivity (Wildman–Crippen MR) is 128 cm³/mol. The molecule has 0 spiro atoms. The molecule has 0 unspecified atom stereocenters. The summed E-state index contributed by atoms with van der Waals surface area (Å²) in [6, 6.07) is 19.1. The lowest BCUT2D eigenvalue weighted by molar-refractivity contribution is -0.117. The van der Waals surface area contributed by atoms with E-state index in [2.05, 4.69) is 5.32 Å². The summed E-state index contributed by atoms with van der Waals surface area (Å²) in [5, 5.41) is 12.2. The third kappa shape index (κ3) is 6.50. The molecule has 0 saturated heterocycles. The molecule has 0 atom stereocenters. The van der Waals surface area contributed by atoms with Gasteiger partial charge in [-0.05, 0) is 53.6 Å². The van der Waals surface area contributed by atoms with Crippen molar-refractivity contribution in [1.82, 2.24) is 5.32 Å². The first-order valence-corrected chi connectivity index (χ1v) is 11.9. The summed E-state index contributed by atoms with van der Waals surface area (Å²) >= 11 is 18.2. The van der Waals surface area contributed by atoms with E-state index in [1.807, 2.05) is 36.4 Å². The molecule has 0 aliphatic rings. The number of nitrogens with one attached hydrogen (secondary N) is 1. The molecular formula is C23H15Cl3N2O4S.